The van der Waals surface area contributed by atoms with Crippen LogP contribution in [0.1, 0.15) is 18.4 Å². The first-order valence-electron chi connectivity index (χ1n) is 7.58. The van der Waals surface area contributed by atoms with Crippen molar-refractivity contribution >= 4 is 40.8 Å². The number of ether oxygens (including phenoxy) is 1. The Morgan fingerprint density at radius 1 is 1.12 bits per heavy atom. The van der Waals surface area contributed by atoms with Crippen LogP contribution in [0.25, 0.3) is 0 Å². The molecule has 24 heavy (non-hydrogen) atoms. The average Bonchev–Trinajstić information content (AvgIpc) is 2.97. The lowest BCUT2D eigenvalue weighted by atomic mass is 10.1. The zero-order valence-corrected chi connectivity index (χ0v) is 14.3. The molecule has 0 aliphatic carbocycles. The van der Waals surface area contributed by atoms with Gasteiger partial charge in [0.1, 0.15) is 5.75 Å². The van der Waals surface area contributed by atoms with Crippen LogP contribution >= 0.6 is 23.2 Å². The summed E-state index contributed by atoms with van der Waals surface area (Å²) < 4.78 is 5.31. The summed E-state index contributed by atoms with van der Waals surface area (Å²) in [6, 6.07) is 11.9. The lowest BCUT2D eigenvalue weighted by Gasteiger charge is -2.15. The molecule has 2 aromatic rings. The van der Waals surface area contributed by atoms with E-state index >= 15 is 0 Å². The second-order valence-corrected chi connectivity index (χ2v) is 6.37. The minimum absolute atomic E-state index is 0.0579. The number of esters is 1. The smallest absolute Gasteiger partial charge is 0.315 e. The molecule has 0 N–H and O–H groups in total. The van der Waals surface area contributed by atoms with Gasteiger partial charge < -0.3 is 9.64 Å². The van der Waals surface area contributed by atoms with E-state index in [1.54, 1.807) is 47.4 Å². The number of hydrogen-bond acceptors (Lipinski definition) is 3. The molecule has 4 nitrogen and oxygen atoms in total. The average molecular weight is 364 g/mol. The summed E-state index contributed by atoms with van der Waals surface area (Å²) in [6.07, 6.45) is 1.51. The Balaban J connectivity index is 1.63. The van der Waals surface area contributed by atoms with Gasteiger partial charge in [0, 0.05) is 28.7 Å². The van der Waals surface area contributed by atoms with Gasteiger partial charge in [-0.05, 0) is 48.4 Å². The van der Waals surface area contributed by atoms with E-state index in [1.165, 1.54) is 0 Å². The predicted molar refractivity (Wildman–Crippen MR) is 93.8 cm³/mol. The Hall–Kier alpha value is -2.04. The first kappa shape index (κ1) is 16.8. The number of benzene rings is 2. The van der Waals surface area contributed by atoms with Gasteiger partial charge in [-0.3, -0.25) is 9.59 Å². The van der Waals surface area contributed by atoms with Crippen molar-refractivity contribution in [3.63, 3.8) is 0 Å². The Bertz CT molecular complexity index is 774. The fraction of sp³-hybridized carbons (Fsp3) is 0.222. The molecule has 0 saturated carbocycles. The van der Waals surface area contributed by atoms with E-state index in [0.29, 0.717) is 27.8 Å². The third kappa shape index (κ3) is 3.89. The fourth-order valence-corrected chi connectivity index (χ4v) is 3.08. The number of carbonyl (C=O) groups excluding carboxylic acids is 2. The highest BCUT2D eigenvalue weighted by molar-refractivity contribution is 6.35. The van der Waals surface area contributed by atoms with E-state index in [4.69, 9.17) is 27.9 Å². The molecule has 2 aromatic carbocycles. The van der Waals surface area contributed by atoms with Crippen LogP contribution in [0.2, 0.25) is 10.0 Å². The molecule has 0 spiro atoms. The van der Waals surface area contributed by atoms with Crippen LogP contribution in [0, 0.1) is 0 Å². The third-order valence-corrected chi connectivity index (χ3v) is 4.39. The third-order valence-electron chi connectivity index (χ3n) is 3.80. The van der Waals surface area contributed by atoms with Gasteiger partial charge >= 0.3 is 5.97 Å². The topological polar surface area (TPSA) is 46.6 Å². The van der Waals surface area contributed by atoms with Crippen LogP contribution in [-0.4, -0.2) is 18.4 Å². The van der Waals surface area contributed by atoms with Crippen molar-refractivity contribution in [2.45, 2.75) is 19.3 Å². The molecular formula is C18H15Cl2NO3. The van der Waals surface area contributed by atoms with Gasteiger partial charge in [0.2, 0.25) is 5.91 Å². The molecule has 1 heterocycles. The van der Waals surface area contributed by atoms with Gasteiger partial charge in [0.15, 0.2) is 0 Å². The van der Waals surface area contributed by atoms with Crippen molar-refractivity contribution in [3.05, 3.63) is 58.1 Å². The van der Waals surface area contributed by atoms with Gasteiger partial charge in [-0.1, -0.05) is 29.3 Å². The van der Waals surface area contributed by atoms with Crippen molar-refractivity contribution in [2.24, 2.45) is 0 Å². The Morgan fingerprint density at radius 3 is 2.50 bits per heavy atom. The second-order valence-electron chi connectivity index (χ2n) is 5.53. The molecule has 0 aromatic heterocycles. The number of rotatable bonds is 4. The molecular weight excluding hydrogens is 349 g/mol. The minimum Gasteiger partial charge on any atom is -0.426 e. The number of hydrogen-bond donors (Lipinski definition) is 0. The number of anilines is 1. The van der Waals surface area contributed by atoms with Crippen LogP contribution in [0.5, 0.6) is 5.75 Å². The van der Waals surface area contributed by atoms with E-state index in [1.807, 2.05) is 0 Å². The molecule has 0 bridgehead atoms. The molecule has 1 fully saturated rings. The molecule has 3 rings (SSSR count). The van der Waals surface area contributed by atoms with E-state index in [0.717, 1.165) is 18.7 Å². The van der Waals surface area contributed by atoms with Crippen LogP contribution in [0.15, 0.2) is 42.5 Å². The SMILES string of the molecule is O=C(Cc1ccc(Cl)cc1Cl)Oc1ccc(N2CCCC2=O)cc1. The fourth-order valence-electron chi connectivity index (χ4n) is 2.60. The van der Waals surface area contributed by atoms with Gasteiger partial charge in [-0.25, -0.2) is 0 Å². The Labute approximate surface area is 149 Å². The highest BCUT2D eigenvalue weighted by Crippen LogP contribution is 2.25. The zero-order valence-electron chi connectivity index (χ0n) is 12.8. The van der Waals surface area contributed by atoms with Crippen LogP contribution in [0.3, 0.4) is 0 Å². The highest BCUT2D eigenvalue weighted by atomic mass is 35.5. The summed E-state index contributed by atoms with van der Waals surface area (Å²) in [6.45, 7) is 0.729. The summed E-state index contributed by atoms with van der Waals surface area (Å²) >= 11 is 11.9. The van der Waals surface area contributed by atoms with Crippen molar-refractivity contribution in [1.29, 1.82) is 0 Å². The molecule has 0 atom stereocenters. The summed E-state index contributed by atoms with van der Waals surface area (Å²) in [5, 5.41) is 0.950. The number of carbonyl (C=O) groups is 2. The molecule has 6 heteroatoms. The molecule has 1 amide bonds. The van der Waals surface area contributed by atoms with E-state index in [2.05, 4.69) is 0 Å². The summed E-state index contributed by atoms with van der Waals surface area (Å²) in [5.74, 6) is 0.141. The summed E-state index contributed by atoms with van der Waals surface area (Å²) in [4.78, 5) is 25.5. The zero-order chi connectivity index (χ0) is 17.1. The molecule has 0 radical (unpaired) electrons. The molecule has 1 aliphatic heterocycles. The van der Waals surface area contributed by atoms with Gasteiger partial charge in [0.05, 0.1) is 6.42 Å². The number of nitrogens with zero attached hydrogens (tertiary/aromatic N) is 1. The standard InChI is InChI=1S/C18H15Cl2NO3/c19-13-4-3-12(16(20)11-13)10-18(23)24-15-7-5-14(6-8-15)21-9-1-2-17(21)22/h3-8,11H,1-2,9-10H2. The summed E-state index contributed by atoms with van der Waals surface area (Å²) in [7, 11) is 0. The van der Waals surface area contributed by atoms with Crippen molar-refractivity contribution < 1.29 is 14.3 Å². The van der Waals surface area contributed by atoms with Crippen molar-refractivity contribution in [2.75, 3.05) is 11.4 Å². The number of amides is 1. The summed E-state index contributed by atoms with van der Waals surface area (Å²) in [5.41, 5.74) is 1.48. The molecule has 1 aliphatic rings. The highest BCUT2D eigenvalue weighted by Gasteiger charge is 2.21. The molecule has 1 saturated heterocycles. The van der Waals surface area contributed by atoms with E-state index < -0.39 is 5.97 Å². The van der Waals surface area contributed by atoms with Gasteiger partial charge in [-0.2, -0.15) is 0 Å². The lowest BCUT2D eigenvalue weighted by Crippen LogP contribution is -2.23. The van der Waals surface area contributed by atoms with Crippen LogP contribution in [-0.2, 0) is 16.0 Å². The van der Waals surface area contributed by atoms with Crippen LogP contribution in [0.4, 0.5) is 5.69 Å². The Kier molecular flexibility index (Phi) is 5.07. The van der Waals surface area contributed by atoms with E-state index in [9.17, 15) is 9.59 Å². The van der Waals surface area contributed by atoms with Gasteiger partial charge in [0.25, 0.3) is 0 Å². The minimum atomic E-state index is -0.413. The molecule has 0 unspecified atom stereocenters. The predicted octanol–water partition coefficient (Wildman–Crippen LogP) is 4.27. The maximum atomic E-state index is 12.0. The first-order valence-corrected chi connectivity index (χ1v) is 8.33. The number of halogens is 2. The first-order chi connectivity index (χ1) is 11.5. The van der Waals surface area contributed by atoms with E-state index in [-0.39, 0.29) is 12.3 Å². The van der Waals surface area contributed by atoms with Crippen LogP contribution < -0.4 is 9.64 Å². The normalized spacial score (nSPS) is 14.1. The van der Waals surface area contributed by atoms with Gasteiger partial charge in [-0.15, -0.1) is 0 Å². The van der Waals surface area contributed by atoms with Crippen molar-refractivity contribution in [3.8, 4) is 5.75 Å². The van der Waals surface area contributed by atoms with Crippen molar-refractivity contribution in [1.82, 2.24) is 0 Å². The maximum Gasteiger partial charge on any atom is 0.315 e. The largest absolute Gasteiger partial charge is 0.426 e. The Morgan fingerprint density at radius 2 is 1.88 bits per heavy atom. The quantitative estimate of drug-likeness (QED) is 0.601. The lowest BCUT2D eigenvalue weighted by molar-refractivity contribution is -0.133. The monoisotopic (exact) mass is 363 g/mol. The maximum absolute atomic E-state index is 12.0. The molecule has 124 valence electrons. The second kappa shape index (κ2) is 7.24.